The van der Waals surface area contributed by atoms with Gasteiger partial charge in [0.25, 0.3) is 5.56 Å². The molecule has 0 radical (unpaired) electrons. The van der Waals surface area contributed by atoms with Crippen LogP contribution in [-0.4, -0.2) is 14.3 Å². The molecule has 4 rings (SSSR count). The molecule has 0 aliphatic carbocycles. The lowest BCUT2D eigenvalue weighted by molar-refractivity contribution is 0.820. The number of hydrogen-bond donors (Lipinski definition) is 0. The third-order valence-corrected chi connectivity index (χ3v) is 5.57. The lowest BCUT2D eigenvalue weighted by atomic mass is 10.1. The van der Waals surface area contributed by atoms with E-state index in [1.54, 1.807) is 0 Å². The van der Waals surface area contributed by atoms with E-state index in [0.717, 1.165) is 46.4 Å². The molecular formula is C24H25N3O. The number of aromatic nitrogens is 3. The number of nitrogens with zero attached hydrogens (tertiary/aromatic N) is 3. The van der Waals surface area contributed by atoms with E-state index in [9.17, 15) is 4.79 Å². The van der Waals surface area contributed by atoms with Crippen molar-refractivity contribution in [3.05, 3.63) is 87.6 Å². The molecule has 0 saturated heterocycles. The Hall–Kier alpha value is -3.14. The fourth-order valence-corrected chi connectivity index (χ4v) is 3.92. The van der Waals surface area contributed by atoms with Crippen molar-refractivity contribution in [2.45, 2.75) is 40.5 Å². The molecule has 0 aliphatic heterocycles. The van der Waals surface area contributed by atoms with Gasteiger partial charge in [0.2, 0.25) is 0 Å². The molecule has 28 heavy (non-hydrogen) atoms. The Balaban J connectivity index is 1.94. The van der Waals surface area contributed by atoms with Crippen molar-refractivity contribution in [3.8, 4) is 11.4 Å². The van der Waals surface area contributed by atoms with Crippen LogP contribution in [0.15, 0.2) is 59.5 Å². The van der Waals surface area contributed by atoms with Crippen LogP contribution in [0.3, 0.4) is 0 Å². The fraction of sp³-hybridized carbons (Fsp3) is 0.250. The predicted molar refractivity (Wildman–Crippen MR) is 115 cm³/mol. The third-order valence-electron chi connectivity index (χ3n) is 5.57. The van der Waals surface area contributed by atoms with Crippen LogP contribution in [0.1, 0.15) is 36.4 Å². The van der Waals surface area contributed by atoms with Crippen LogP contribution >= 0.6 is 0 Å². The Morgan fingerprint density at radius 1 is 0.857 bits per heavy atom. The van der Waals surface area contributed by atoms with Gasteiger partial charge in [-0.15, -0.1) is 0 Å². The van der Waals surface area contributed by atoms with Crippen LogP contribution in [0.2, 0.25) is 0 Å². The first kappa shape index (κ1) is 18.2. The number of hydrogen-bond acceptors (Lipinski definition) is 2. The molecule has 0 saturated carbocycles. The van der Waals surface area contributed by atoms with Gasteiger partial charge in [0, 0.05) is 22.5 Å². The number of benzene rings is 2. The zero-order valence-electron chi connectivity index (χ0n) is 16.9. The molecule has 142 valence electrons. The average Bonchev–Trinajstić information content (AvgIpc) is 2.99. The molecule has 0 fully saturated rings. The summed E-state index contributed by atoms with van der Waals surface area (Å²) in [6.07, 6.45) is 3.77. The summed E-state index contributed by atoms with van der Waals surface area (Å²) in [4.78, 5) is 13.3. The van der Waals surface area contributed by atoms with Gasteiger partial charge in [-0.1, -0.05) is 38.1 Å². The molecule has 2 aromatic heterocycles. The van der Waals surface area contributed by atoms with Crippen molar-refractivity contribution < 1.29 is 0 Å². The van der Waals surface area contributed by atoms with Gasteiger partial charge in [0.05, 0.1) is 17.3 Å². The molecule has 2 heterocycles. The first-order valence-electron chi connectivity index (χ1n) is 9.83. The molecule has 4 heteroatoms. The van der Waals surface area contributed by atoms with Gasteiger partial charge in [0.15, 0.2) is 0 Å². The van der Waals surface area contributed by atoms with Gasteiger partial charge < -0.3 is 4.57 Å². The van der Waals surface area contributed by atoms with Gasteiger partial charge in [0.1, 0.15) is 0 Å². The van der Waals surface area contributed by atoms with Gasteiger partial charge in [-0.05, 0) is 62.1 Å². The Bertz CT molecular complexity index is 1210. The highest BCUT2D eigenvalue weighted by Gasteiger charge is 2.18. The third kappa shape index (κ3) is 2.85. The number of aryl methyl sites for hydroxylation is 4. The van der Waals surface area contributed by atoms with Gasteiger partial charge in [-0.25, -0.2) is 0 Å². The zero-order valence-corrected chi connectivity index (χ0v) is 16.9. The van der Waals surface area contributed by atoms with E-state index in [2.05, 4.69) is 54.7 Å². The zero-order chi connectivity index (χ0) is 19.8. The van der Waals surface area contributed by atoms with E-state index in [1.807, 2.05) is 37.4 Å². The topological polar surface area (TPSA) is 39.8 Å². The highest BCUT2D eigenvalue weighted by molar-refractivity contribution is 5.88. The molecule has 4 nitrogen and oxygen atoms in total. The van der Waals surface area contributed by atoms with Crippen LogP contribution in [0, 0.1) is 13.8 Å². The molecule has 0 N–H and O–H groups in total. The minimum absolute atomic E-state index is 0.0762. The summed E-state index contributed by atoms with van der Waals surface area (Å²) < 4.78 is 3.67. The second-order valence-electron chi connectivity index (χ2n) is 7.20. The summed E-state index contributed by atoms with van der Waals surface area (Å²) in [5, 5.41) is 6.10. The van der Waals surface area contributed by atoms with Crippen molar-refractivity contribution in [1.29, 1.82) is 0 Å². The Kier molecular flexibility index (Phi) is 4.63. The highest BCUT2D eigenvalue weighted by atomic mass is 16.1. The summed E-state index contributed by atoms with van der Waals surface area (Å²) in [7, 11) is 0. The standard InChI is InChI=1S/C24H25N3O/c1-5-18-10-12-20(13-11-18)27-24(28)23-17(4)26(16(3)22(23)15-25-27)21-9-7-8-19(6-2)14-21/h7-15H,5-6H2,1-4H3. The van der Waals surface area contributed by atoms with E-state index >= 15 is 0 Å². The Morgan fingerprint density at radius 3 is 2.25 bits per heavy atom. The molecule has 2 aromatic carbocycles. The first-order valence-corrected chi connectivity index (χ1v) is 9.83. The van der Waals surface area contributed by atoms with E-state index in [-0.39, 0.29) is 5.56 Å². The second kappa shape index (κ2) is 7.12. The van der Waals surface area contributed by atoms with Crippen LogP contribution in [0.5, 0.6) is 0 Å². The smallest absolute Gasteiger partial charge is 0.281 e. The van der Waals surface area contributed by atoms with Crippen molar-refractivity contribution in [2.75, 3.05) is 0 Å². The van der Waals surface area contributed by atoms with E-state index in [1.165, 1.54) is 15.8 Å². The first-order chi connectivity index (χ1) is 13.5. The largest absolute Gasteiger partial charge is 0.317 e. The maximum absolute atomic E-state index is 13.3. The van der Waals surface area contributed by atoms with Crippen molar-refractivity contribution >= 4 is 10.8 Å². The van der Waals surface area contributed by atoms with Gasteiger partial charge >= 0.3 is 0 Å². The molecule has 4 aromatic rings. The van der Waals surface area contributed by atoms with Crippen molar-refractivity contribution in [1.82, 2.24) is 14.3 Å². The summed E-state index contributed by atoms with van der Waals surface area (Å²) in [5.74, 6) is 0. The lowest BCUT2D eigenvalue weighted by Gasteiger charge is -2.10. The van der Waals surface area contributed by atoms with Gasteiger partial charge in [-0.2, -0.15) is 9.78 Å². The molecule has 0 spiro atoms. The molecular weight excluding hydrogens is 346 g/mol. The average molecular weight is 371 g/mol. The Morgan fingerprint density at radius 2 is 1.57 bits per heavy atom. The lowest BCUT2D eigenvalue weighted by Crippen LogP contribution is -2.21. The maximum atomic E-state index is 13.3. The highest BCUT2D eigenvalue weighted by Crippen LogP contribution is 2.26. The minimum Gasteiger partial charge on any atom is -0.317 e. The van der Waals surface area contributed by atoms with Crippen LogP contribution in [0.4, 0.5) is 0 Å². The van der Waals surface area contributed by atoms with Crippen molar-refractivity contribution in [3.63, 3.8) is 0 Å². The van der Waals surface area contributed by atoms with Crippen LogP contribution in [-0.2, 0) is 12.8 Å². The maximum Gasteiger partial charge on any atom is 0.281 e. The summed E-state index contributed by atoms with van der Waals surface area (Å²) in [5.41, 5.74) is 6.32. The molecule has 0 amide bonds. The summed E-state index contributed by atoms with van der Waals surface area (Å²) in [6.45, 7) is 8.33. The number of fused-ring (bicyclic) bond motifs is 1. The second-order valence-corrected chi connectivity index (χ2v) is 7.20. The van der Waals surface area contributed by atoms with E-state index < -0.39 is 0 Å². The van der Waals surface area contributed by atoms with E-state index in [0.29, 0.717) is 0 Å². The summed E-state index contributed by atoms with van der Waals surface area (Å²) in [6, 6.07) is 16.5. The van der Waals surface area contributed by atoms with Crippen molar-refractivity contribution in [2.24, 2.45) is 0 Å². The fourth-order valence-electron chi connectivity index (χ4n) is 3.92. The molecule has 0 atom stereocenters. The van der Waals surface area contributed by atoms with E-state index in [4.69, 9.17) is 0 Å². The molecule has 0 bridgehead atoms. The van der Waals surface area contributed by atoms with Crippen LogP contribution in [0.25, 0.3) is 22.1 Å². The SMILES string of the molecule is CCc1ccc(-n2ncc3c(C)n(-c4cccc(CC)c4)c(C)c3c2=O)cc1. The van der Waals surface area contributed by atoms with Gasteiger partial charge in [-0.3, -0.25) is 4.79 Å². The molecule has 0 aliphatic rings. The monoisotopic (exact) mass is 371 g/mol. The molecule has 0 unspecified atom stereocenters. The minimum atomic E-state index is -0.0762. The van der Waals surface area contributed by atoms with Crippen LogP contribution < -0.4 is 5.56 Å². The summed E-state index contributed by atoms with van der Waals surface area (Å²) >= 11 is 0. The Labute approximate surface area is 165 Å². The quantitative estimate of drug-likeness (QED) is 0.511. The normalized spacial score (nSPS) is 11.3. The number of rotatable bonds is 4. The predicted octanol–water partition coefficient (Wildman–Crippen LogP) is 4.92.